The van der Waals surface area contributed by atoms with Gasteiger partial charge in [0, 0.05) is 37.6 Å². The van der Waals surface area contributed by atoms with Crippen LogP contribution in [0.25, 0.3) is 0 Å². The maximum Gasteiger partial charge on any atom is 0.0240 e. The normalized spacial score (nSPS) is 26.8. The van der Waals surface area contributed by atoms with Gasteiger partial charge in [-0.3, -0.25) is 10.7 Å². The van der Waals surface area contributed by atoms with E-state index in [1.165, 1.54) is 32.4 Å². The lowest BCUT2D eigenvalue weighted by Crippen LogP contribution is -2.74. The predicted octanol–water partition coefficient (Wildman–Crippen LogP) is 1.69. The smallest absolute Gasteiger partial charge is 0.0240 e. The highest BCUT2D eigenvalue weighted by Gasteiger charge is 2.51. The highest BCUT2D eigenvalue weighted by molar-refractivity contribution is 5.05. The molecule has 2 aliphatic rings. The van der Waals surface area contributed by atoms with Gasteiger partial charge < -0.3 is 0 Å². The van der Waals surface area contributed by atoms with Crippen molar-refractivity contribution in [1.82, 2.24) is 9.91 Å². The second-order valence-corrected chi connectivity index (χ2v) is 6.34. The summed E-state index contributed by atoms with van der Waals surface area (Å²) >= 11 is 0. The van der Waals surface area contributed by atoms with Crippen LogP contribution in [-0.2, 0) is 0 Å². The average Bonchev–Trinajstić information content (AvgIpc) is 2.11. The molecule has 94 valence electrons. The van der Waals surface area contributed by atoms with Crippen molar-refractivity contribution < 1.29 is 0 Å². The highest BCUT2D eigenvalue weighted by Crippen LogP contribution is 2.40. The van der Waals surface area contributed by atoms with E-state index in [2.05, 4.69) is 25.7 Å². The molecule has 0 aromatic heterocycles. The largest absolute Gasteiger partial charge is 0.299 e. The SMILES string of the molecule is CCC(CCC(C)C)N1CC2(CN(N)C2)C1. The molecule has 1 unspecified atom stereocenters. The van der Waals surface area contributed by atoms with Gasteiger partial charge in [-0.15, -0.1) is 0 Å². The second-order valence-electron chi connectivity index (χ2n) is 6.34. The van der Waals surface area contributed by atoms with Crippen molar-refractivity contribution in [3.63, 3.8) is 0 Å². The number of hydrogen-bond acceptors (Lipinski definition) is 3. The van der Waals surface area contributed by atoms with Gasteiger partial charge in [-0.25, -0.2) is 5.01 Å². The Balaban J connectivity index is 1.72. The molecule has 2 heterocycles. The van der Waals surface area contributed by atoms with Crippen molar-refractivity contribution in [3.05, 3.63) is 0 Å². The molecular weight excluding hydrogens is 198 g/mol. The third-order valence-corrected chi connectivity index (χ3v) is 4.22. The van der Waals surface area contributed by atoms with Gasteiger partial charge in [-0.1, -0.05) is 20.8 Å². The summed E-state index contributed by atoms with van der Waals surface area (Å²) in [7, 11) is 0. The fourth-order valence-corrected chi connectivity index (χ4v) is 3.26. The first kappa shape index (κ1) is 12.3. The van der Waals surface area contributed by atoms with Gasteiger partial charge in [0.25, 0.3) is 0 Å². The molecule has 2 N–H and O–H groups in total. The molecule has 16 heavy (non-hydrogen) atoms. The van der Waals surface area contributed by atoms with Crippen LogP contribution in [0.2, 0.25) is 0 Å². The van der Waals surface area contributed by atoms with E-state index in [0.717, 1.165) is 25.0 Å². The second kappa shape index (κ2) is 4.63. The summed E-state index contributed by atoms with van der Waals surface area (Å²) in [4.78, 5) is 2.68. The van der Waals surface area contributed by atoms with E-state index in [4.69, 9.17) is 5.84 Å². The van der Waals surface area contributed by atoms with Crippen molar-refractivity contribution in [2.45, 2.75) is 46.1 Å². The molecule has 3 nitrogen and oxygen atoms in total. The number of nitrogens with zero attached hydrogens (tertiary/aromatic N) is 2. The van der Waals surface area contributed by atoms with E-state index in [1.54, 1.807) is 0 Å². The minimum atomic E-state index is 0.583. The van der Waals surface area contributed by atoms with Crippen LogP contribution in [0.1, 0.15) is 40.0 Å². The third-order valence-electron chi connectivity index (χ3n) is 4.22. The number of rotatable bonds is 5. The molecule has 2 aliphatic heterocycles. The molecule has 2 saturated heterocycles. The standard InChI is InChI=1S/C13H27N3/c1-4-12(6-5-11(2)3)15-7-13(8-15)9-16(14)10-13/h11-12H,4-10,14H2,1-3H3. The summed E-state index contributed by atoms with van der Waals surface area (Å²) in [6.07, 6.45) is 4.04. The molecule has 1 spiro atoms. The lowest BCUT2D eigenvalue weighted by Gasteiger charge is -2.61. The van der Waals surface area contributed by atoms with Crippen molar-refractivity contribution >= 4 is 0 Å². The first-order chi connectivity index (χ1) is 7.54. The highest BCUT2D eigenvalue weighted by atomic mass is 15.5. The van der Waals surface area contributed by atoms with Crippen LogP contribution in [0.3, 0.4) is 0 Å². The summed E-state index contributed by atoms with van der Waals surface area (Å²) in [6, 6.07) is 0.819. The molecule has 0 aromatic rings. The van der Waals surface area contributed by atoms with Crippen molar-refractivity contribution in [1.29, 1.82) is 0 Å². The van der Waals surface area contributed by atoms with Gasteiger partial charge in [-0.05, 0) is 25.2 Å². The Labute approximate surface area is 99.9 Å². The summed E-state index contributed by atoms with van der Waals surface area (Å²) in [5.74, 6) is 6.57. The number of nitrogens with two attached hydrogens (primary N) is 1. The van der Waals surface area contributed by atoms with Crippen molar-refractivity contribution in [2.75, 3.05) is 26.2 Å². The summed E-state index contributed by atoms with van der Waals surface area (Å²) in [5.41, 5.74) is 0.583. The maximum absolute atomic E-state index is 5.73. The van der Waals surface area contributed by atoms with Crippen LogP contribution in [0, 0.1) is 11.3 Å². The van der Waals surface area contributed by atoms with Crippen LogP contribution >= 0.6 is 0 Å². The van der Waals surface area contributed by atoms with Gasteiger partial charge >= 0.3 is 0 Å². The zero-order valence-electron chi connectivity index (χ0n) is 11.1. The fourth-order valence-electron chi connectivity index (χ4n) is 3.26. The Kier molecular flexibility index (Phi) is 3.57. The molecule has 1 atom stereocenters. The van der Waals surface area contributed by atoms with Gasteiger partial charge in [0.05, 0.1) is 0 Å². The number of hydrogen-bond donors (Lipinski definition) is 1. The van der Waals surface area contributed by atoms with E-state index in [0.29, 0.717) is 5.41 Å². The zero-order chi connectivity index (χ0) is 11.8. The topological polar surface area (TPSA) is 32.5 Å². The minimum absolute atomic E-state index is 0.583. The van der Waals surface area contributed by atoms with Crippen LogP contribution in [-0.4, -0.2) is 42.1 Å². The van der Waals surface area contributed by atoms with Gasteiger partial charge in [0.15, 0.2) is 0 Å². The van der Waals surface area contributed by atoms with Gasteiger partial charge in [-0.2, -0.15) is 0 Å². The zero-order valence-corrected chi connectivity index (χ0v) is 11.1. The lowest BCUT2D eigenvalue weighted by atomic mass is 9.72. The lowest BCUT2D eigenvalue weighted by molar-refractivity contribution is -0.132. The fraction of sp³-hybridized carbons (Fsp3) is 1.00. The van der Waals surface area contributed by atoms with Crippen LogP contribution in [0.15, 0.2) is 0 Å². The maximum atomic E-state index is 5.73. The van der Waals surface area contributed by atoms with Crippen LogP contribution in [0.4, 0.5) is 0 Å². The molecule has 2 fully saturated rings. The average molecular weight is 225 g/mol. The molecule has 2 rings (SSSR count). The van der Waals surface area contributed by atoms with E-state index >= 15 is 0 Å². The third kappa shape index (κ3) is 2.41. The van der Waals surface area contributed by atoms with Crippen LogP contribution in [0.5, 0.6) is 0 Å². The van der Waals surface area contributed by atoms with Gasteiger partial charge in [0.1, 0.15) is 0 Å². The Morgan fingerprint density at radius 1 is 1.12 bits per heavy atom. The Bertz CT molecular complexity index is 225. The molecule has 0 radical (unpaired) electrons. The quantitative estimate of drug-likeness (QED) is 0.723. The number of hydrazine groups is 1. The molecule has 0 aromatic carbocycles. The summed E-state index contributed by atoms with van der Waals surface area (Å²) in [5, 5.41) is 1.95. The van der Waals surface area contributed by atoms with Crippen LogP contribution < -0.4 is 5.84 Å². The first-order valence-electron chi connectivity index (χ1n) is 6.78. The first-order valence-corrected chi connectivity index (χ1v) is 6.78. The molecule has 0 amide bonds. The predicted molar refractivity (Wildman–Crippen MR) is 67.9 cm³/mol. The molecule has 0 aliphatic carbocycles. The Morgan fingerprint density at radius 2 is 1.75 bits per heavy atom. The molecular formula is C13H27N3. The van der Waals surface area contributed by atoms with E-state index in [1.807, 2.05) is 5.01 Å². The summed E-state index contributed by atoms with van der Waals surface area (Å²) in [6.45, 7) is 11.8. The van der Waals surface area contributed by atoms with Crippen molar-refractivity contribution in [2.24, 2.45) is 17.2 Å². The monoisotopic (exact) mass is 225 g/mol. The molecule has 3 heteroatoms. The van der Waals surface area contributed by atoms with Crippen molar-refractivity contribution in [3.8, 4) is 0 Å². The minimum Gasteiger partial charge on any atom is -0.299 e. The van der Waals surface area contributed by atoms with E-state index in [9.17, 15) is 0 Å². The Morgan fingerprint density at radius 3 is 2.19 bits per heavy atom. The Hall–Kier alpha value is -0.120. The molecule has 0 bridgehead atoms. The molecule has 0 saturated carbocycles. The number of likely N-dealkylation sites (tertiary alicyclic amines) is 1. The summed E-state index contributed by atoms with van der Waals surface area (Å²) < 4.78 is 0. The van der Waals surface area contributed by atoms with E-state index in [-0.39, 0.29) is 0 Å². The van der Waals surface area contributed by atoms with E-state index < -0.39 is 0 Å². The van der Waals surface area contributed by atoms with Gasteiger partial charge in [0.2, 0.25) is 0 Å².